The van der Waals surface area contributed by atoms with E-state index < -0.39 is 0 Å². The Labute approximate surface area is 107 Å². The molecule has 2 nitrogen and oxygen atoms in total. The fourth-order valence-corrected chi connectivity index (χ4v) is 2.73. The summed E-state index contributed by atoms with van der Waals surface area (Å²) in [6, 6.07) is 4.41. The van der Waals surface area contributed by atoms with Crippen molar-refractivity contribution in [1.82, 2.24) is 0 Å². The Balaban J connectivity index is 3.07. The van der Waals surface area contributed by atoms with Crippen LogP contribution in [0, 0.1) is 19.8 Å². The molecule has 1 atom stereocenters. The van der Waals surface area contributed by atoms with Crippen molar-refractivity contribution in [3.05, 3.63) is 33.3 Å². The van der Waals surface area contributed by atoms with Gasteiger partial charge in [0.25, 0.3) is 0 Å². The highest BCUT2D eigenvalue weighted by Gasteiger charge is 2.18. The summed E-state index contributed by atoms with van der Waals surface area (Å²) in [4.78, 5) is 0. The normalized spacial score (nSPS) is 13.2. The van der Waals surface area contributed by atoms with Gasteiger partial charge in [0.05, 0.1) is 0 Å². The van der Waals surface area contributed by atoms with Gasteiger partial charge < -0.3 is 11.5 Å². The third-order valence-corrected chi connectivity index (χ3v) is 4.10. The Morgan fingerprint density at radius 2 is 1.62 bits per heavy atom. The Hall–Kier alpha value is -0.380. The number of benzene rings is 1. The molecule has 1 unspecified atom stereocenters. The molecular weight excluding hydrogens is 264 g/mol. The van der Waals surface area contributed by atoms with Crippen LogP contribution in [0.25, 0.3) is 0 Å². The van der Waals surface area contributed by atoms with Crippen molar-refractivity contribution >= 4 is 15.9 Å². The minimum absolute atomic E-state index is 0.346. The van der Waals surface area contributed by atoms with Gasteiger partial charge in [-0.2, -0.15) is 0 Å². The third-order valence-electron chi connectivity index (χ3n) is 3.42. The van der Waals surface area contributed by atoms with Crippen LogP contribution in [0.2, 0.25) is 0 Å². The first-order valence-corrected chi connectivity index (χ1v) is 6.47. The second-order valence-corrected chi connectivity index (χ2v) is 5.33. The van der Waals surface area contributed by atoms with E-state index in [2.05, 4.69) is 48.8 Å². The Kier molecular flexibility index (Phi) is 4.96. The summed E-state index contributed by atoms with van der Waals surface area (Å²) in [5.41, 5.74) is 15.4. The molecule has 0 aliphatic rings. The molecule has 4 N–H and O–H groups in total. The summed E-state index contributed by atoms with van der Waals surface area (Å²) in [6.45, 7) is 7.73. The van der Waals surface area contributed by atoms with Crippen molar-refractivity contribution in [2.24, 2.45) is 17.4 Å². The van der Waals surface area contributed by atoms with E-state index in [4.69, 9.17) is 11.5 Å². The smallest absolute Gasteiger partial charge is 0.0212 e. The highest BCUT2D eigenvalue weighted by atomic mass is 79.9. The van der Waals surface area contributed by atoms with Crippen molar-refractivity contribution in [3.63, 3.8) is 0 Å². The monoisotopic (exact) mass is 284 g/mol. The Morgan fingerprint density at radius 3 is 2.12 bits per heavy atom. The van der Waals surface area contributed by atoms with Gasteiger partial charge in [-0.15, -0.1) is 0 Å². The summed E-state index contributed by atoms with van der Waals surface area (Å²) < 4.78 is 1.16. The van der Waals surface area contributed by atoms with Crippen LogP contribution in [0.3, 0.4) is 0 Å². The quantitative estimate of drug-likeness (QED) is 0.893. The molecule has 0 radical (unpaired) electrons. The van der Waals surface area contributed by atoms with Gasteiger partial charge in [0.2, 0.25) is 0 Å². The van der Waals surface area contributed by atoms with Gasteiger partial charge in [0.15, 0.2) is 0 Å². The number of halogens is 1. The molecule has 0 bridgehead atoms. The summed E-state index contributed by atoms with van der Waals surface area (Å²) in [5, 5.41) is 0. The van der Waals surface area contributed by atoms with Crippen LogP contribution in [0.4, 0.5) is 0 Å². The van der Waals surface area contributed by atoms with E-state index in [0.717, 1.165) is 4.47 Å². The van der Waals surface area contributed by atoms with E-state index in [0.29, 0.717) is 24.9 Å². The lowest BCUT2D eigenvalue weighted by Gasteiger charge is -2.23. The van der Waals surface area contributed by atoms with Gasteiger partial charge in [-0.05, 0) is 61.5 Å². The Morgan fingerprint density at radius 1 is 1.12 bits per heavy atom. The molecule has 0 amide bonds. The minimum Gasteiger partial charge on any atom is -0.330 e. The lowest BCUT2D eigenvalue weighted by Crippen LogP contribution is -2.28. The molecule has 90 valence electrons. The highest BCUT2D eigenvalue weighted by molar-refractivity contribution is 9.10. The fraction of sp³-hybridized carbons (Fsp3) is 0.538. The molecule has 1 aromatic carbocycles. The number of hydrogen-bond acceptors (Lipinski definition) is 2. The number of aryl methyl sites for hydroxylation is 2. The van der Waals surface area contributed by atoms with Crippen LogP contribution in [0.1, 0.15) is 29.5 Å². The molecule has 0 heterocycles. The molecule has 0 aliphatic carbocycles. The average molecular weight is 285 g/mol. The lowest BCUT2D eigenvalue weighted by atomic mass is 9.86. The maximum atomic E-state index is 5.74. The Bertz CT molecular complexity index is 359. The van der Waals surface area contributed by atoms with Crippen LogP contribution >= 0.6 is 15.9 Å². The maximum absolute atomic E-state index is 5.74. The zero-order chi connectivity index (χ0) is 12.3. The van der Waals surface area contributed by atoms with E-state index in [-0.39, 0.29) is 0 Å². The largest absolute Gasteiger partial charge is 0.330 e. The predicted octanol–water partition coefficient (Wildman–Crippen LogP) is 2.70. The standard InChI is InChI=1S/C13H21BrN2/c1-8-4-12(13(14)5-9(8)2)10(3)11(6-15)7-16/h4-5,10-11H,6-7,15-16H2,1-3H3. The molecule has 3 heteroatoms. The summed E-state index contributed by atoms with van der Waals surface area (Å²) in [6.07, 6.45) is 0. The molecule has 0 fully saturated rings. The first kappa shape index (κ1) is 13.7. The molecule has 0 saturated carbocycles. The minimum atomic E-state index is 0.346. The van der Waals surface area contributed by atoms with Gasteiger partial charge in [-0.1, -0.05) is 28.9 Å². The van der Waals surface area contributed by atoms with Gasteiger partial charge in [-0.3, -0.25) is 0 Å². The van der Waals surface area contributed by atoms with E-state index in [1.165, 1.54) is 16.7 Å². The molecule has 0 aromatic heterocycles. The van der Waals surface area contributed by atoms with Crippen LogP contribution in [-0.2, 0) is 0 Å². The zero-order valence-corrected chi connectivity index (χ0v) is 11.8. The van der Waals surface area contributed by atoms with Crippen molar-refractivity contribution in [1.29, 1.82) is 0 Å². The first-order valence-electron chi connectivity index (χ1n) is 5.68. The van der Waals surface area contributed by atoms with Crippen molar-refractivity contribution < 1.29 is 0 Å². The van der Waals surface area contributed by atoms with Gasteiger partial charge in [0, 0.05) is 4.47 Å². The van der Waals surface area contributed by atoms with Crippen LogP contribution < -0.4 is 11.5 Å². The fourth-order valence-electron chi connectivity index (χ4n) is 1.91. The van der Waals surface area contributed by atoms with Crippen molar-refractivity contribution in [2.75, 3.05) is 13.1 Å². The summed E-state index contributed by atoms with van der Waals surface area (Å²) in [7, 11) is 0. The molecular formula is C13H21BrN2. The van der Waals surface area contributed by atoms with E-state index in [1.807, 2.05) is 0 Å². The number of hydrogen-bond donors (Lipinski definition) is 2. The van der Waals surface area contributed by atoms with Gasteiger partial charge in [0.1, 0.15) is 0 Å². The number of rotatable bonds is 4. The maximum Gasteiger partial charge on any atom is 0.0212 e. The van der Waals surface area contributed by atoms with Gasteiger partial charge in [-0.25, -0.2) is 0 Å². The molecule has 0 aliphatic heterocycles. The summed E-state index contributed by atoms with van der Waals surface area (Å²) >= 11 is 3.63. The summed E-state index contributed by atoms with van der Waals surface area (Å²) in [5.74, 6) is 0.738. The van der Waals surface area contributed by atoms with Crippen molar-refractivity contribution in [2.45, 2.75) is 26.7 Å². The first-order chi connectivity index (χ1) is 7.51. The van der Waals surface area contributed by atoms with Crippen molar-refractivity contribution in [3.8, 4) is 0 Å². The van der Waals surface area contributed by atoms with E-state index >= 15 is 0 Å². The molecule has 1 rings (SSSR count). The topological polar surface area (TPSA) is 52.0 Å². The molecule has 0 saturated heterocycles. The molecule has 1 aromatic rings. The second-order valence-electron chi connectivity index (χ2n) is 4.48. The number of nitrogens with two attached hydrogens (primary N) is 2. The lowest BCUT2D eigenvalue weighted by molar-refractivity contribution is 0.465. The second kappa shape index (κ2) is 5.80. The average Bonchev–Trinajstić information content (AvgIpc) is 2.25. The van der Waals surface area contributed by atoms with Crippen LogP contribution in [-0.4, -0.2) is 13.1 Å². The molecule has 16 heavy (non-hydrogen) atoms. The SMILES string of the molecule is Cc1cc(Br)c(C(C)C(CN)CN)cc1C. The zero-order valence-electron chi connectivity index (χ0n) is 10.3. The van der Waals surface area contributed by atoms with E-state index in [1.54, 1.807) is 0 Å². The van der Waals surface area contributed by atoms with Crippen LogP contribution in [0.15, 0.2) is 16.6 Å². The van der Waals surface area contributed by atoms with E-state index in [9.17, 15) is 0 Å². The predicted molar refractivity (Wildman–Crippen MR) is 73.6 cm³/mol. The molecule has 0 spiro atoms. The highest BCUT2D eigenvalue weighted by Crippen LogP contribution is 2.31. The third kappa shape index (κ3) is 2.84. The van der Waals surface area contributed by atoms with Gasteiger partial charge >= 0.3 is 0 Å². The van der Waals surface area contributed by atoms with Crippen LogP contribution in [0.5, 0.6) is 0 Å².